The Morgan fingerprint density at radius 1 is 0.314 bits per heavy atom. The highest BCUT2D eigenvalue weighted by Crippen LogP contribution is 2.58. The van der Waals surface area contributed by atoms with Crippen LogP contribution < -0.4 is 14.7 Å². The average Bonchev–Trinajstić information content (AvgIpc) is 3.35. The van der Waals surface area contributed by atoms with E-state index in [4.69, 9.17) is 0 Å². The van der Waals surface area contributed by atoms with Crippen LogP contribution in [0.25, 0.3) is 0 Å². The maximum Gasteiger partial charge on any atom is 0.0742 e. The fourth-order valence-electron chi connectivity index (χ4n) is 11.4. The van der Waals surface area contributed by atoms with Crippen molar-refractivity contribution in [3.05, 3.63) is 265 Å². The first kappa shape index (κ1) is 46.1. The lowest BCUT2D eigenvalue weighted by atomic mass is 9.62. The van der Waals surface area contributed by atoms with Crippen LogP contribution in [0.15, 0.2) is 176 Å². The van der Waals surface area contributed by atoms with Gasteiger partial charge in [0.15, 0.2) is 0 Å². The van der Waals surface area contributed by atoms with Crippen molar-refractivity contribution in [3.8, 4) is 0 Å². The molecule has 0 saturated carbocycles. The molecule has 0 aliphatic carbocycles. The number of rotatable bonds is 9. The van der Waals surface area contributed by atoms with Gasteiger partial charge < -0.3 is 14.7 Å². The molecule has 0 N–H and O–H groups in total. The molecule has 1 heterocycles. The van der Waals surface area contributed by atoms with E-state index in [-0.39, 0.29) is 0 Å². The third kappa shape index (κ3) is 7.69. The molecule has 10 rings (SSSR count). The summed E-state index contributed by atoms with van der Waals surface area (Å²) in [4.78, 5) is 7.44. The normalized spacial score (nSPS) is 12.7. The minimum atomic E-state index is -0.692. The standard InChI is InChI=1S/C67H65N3/c1-42-34-46(5)50(9)63(38-42)69(64-39-43(2)35-47(6)51(64)10)57-30-26-54(27-31-57)67(59-22-16-18-24-61(59)68(56-20-14-13-15-21-56)62-25-19-17-23-60(62)67)55-28-32-58(33-29-55)70(65-40-44(3)36-48(7)52(65)11)66-41-45(4)37-49(8)53(66)12/h13-41H,1-12H3. The maximum absolute atomic E-state index is 2.49. The summed E-state index contributed by atoms with van der Waals surface area (Å²) in [6, 6.07) is 66.6. The minimum absolute atomic E-state index is 0.692. The second kappa shape index (κ2) is 18.0. The molecule has 0 aromatic heterocycles. The Bertz CT molecular complexity index is 3120. The summed E-state index contributed by atoms with van der Waals surface area (Å²) >= 11 is 0. The number of para-hydroxylation sites is 3. The van der Waals surface area contributed by atoms with Crippen molar-refractivity contribution in [2.75, 3.05) is 14.7 Å². The van der Waals surface area contributed by atoms with E-state index in [2.05, 4.69) is 274 Å². The van der Waals surface area contributed by atoms with Gasteiger partial charge in [-0.15, -0.1) is 0 Å². The second-order valence-corrected chi connectivity index (χ2v) is 20.1. The third-order valence-electron chi connectivity index (χ3n) is 15.3. The molecule has 70 heavy (non-hydrogen) atoms. The van der Waals surface area contributed by atoms with Gasteiger partial charge in [-0.25, -0.2) is 0 Å². The summed E-state index contributed by atoms with van der Waals surface area (Å²) in [5.41, 5.74) is 30.0. The van der Waals surface area contributed by atoms with Crippen molar-refractivity contribution in [2.45, 2.75) is 88.5 Å². The van der Waals surface area contributed by atoms with E-state index in [1.165, 1.54) is 112 Å². The average molecular weight is 912 g/mol. The fourth-order valence-corrected chi connectivity index (χ4v) is 11.4. The number of hydrogen-bond acceptors (Lipinski definition) is 3. The first-order valence-electron chi connectivity index (χ1n) is 24.8. The Hall–Kier alpha value is -7.62. The minimum Gasteiger partial charge on any atom is -0.310 e. The van der Waals surface area contributed by atoms with Crippen molar-refractivity contribution in [1.82, 2.24) is 0 Å². The molecule has 9 aromatic rings. The quantitative estimate of drug-likeness (QED) is 0.143. The molecule has 0 unspecified atom stereocenters. The van der Waals surface area contributed by atoms with Gasteiger partial charge in [0.25, 0.3) is 0 Å². The number of aryl methyl sites for hydroxylation is 8. The van der Waals surface area contributed by atoms with E-state index in [1.807, 2.05) is 0 Å². The van der Waals surface area contributed by atoms with Crippen LogP contribution in [0, 0.1) is 83.1 Å². The molecular weight excluding hydrogens is 847 g/mol. The summed E-state index contributed by atoms with van der Waals surface area (Å²) in [5, 5.41) is 0. The van der Waals surface area contributed by atoms with Crippen LogP contribution in [-0.4, -0.2) is 0 Å². The predicted molar refractivity (Wildman–Crippen MR) is 299 cm³/mol. The molecule has 0 atom stereocenters. The molecule has 3 nitrogen and oxygen atoms in total. The molecule has 0 fully saturated rings. The molecule has 0 bridgehead atoms. The lowest BCUT2D eigenvalue weighted by Crippen LogP contribution is -2.37. The van der Waals surface area contributed by atoms with E-state index in [0.29, 0.717) is 0 Å². The van der Waals surface area contributed by atoms with Crippen LogP contribution in [0.3, 0.4) is 0 Å². The van der Waals surface area contributed by atoms with Crippen molar-refractivity contribution in [2.24, 2.45) is 0 Å². The SMILES string of the molecule is Cc1cc(C)c(C)c(N(c2ccc(C3(c4ccc(N(c5cc(C)cc(C)c5C)c5cc(C)cc(C)c5C)cc4)c4ccccc4N(c4ccccc4)c4ccccc43)cc2)c2cc(C)cc(C)c2C)c1. The summed E-state index contributed by atoms with van der Waals surface area (Å²) in [7, 11) is 0. The lowest BCUT2D eigenvalue weighted by Gasteiger charge is -2.46. The molecule has 1 aliphatic rings. The van der Waals surface area contributed by atoms with E-state index in [1.54, 1.807) is 0 Å². The van der Waals surface area contributed by atoms with Crippen LogP contribution in [0.2, 0.25) is 0 Å². The van der Waals surface area contributed by atoms with Crippen molar-refractivity contribution in [1.29, 1.82) is 0 Å². The Labute approximate surface area is 417 Å². The fraction of sp³-hybridized carbons (Fsp3) is 0.194. The van der Waals surface area contributed by atoms with Gasteiger partial charge in [-0.2, -0.15) is 0 Å². The number of hydrogen-bond donors (Lipinski definition) is 0. The Morgan fingerprint density at radius 2 is 0.614 bits per heavy atom. The number of anilines is 9. The van der Waals surface area contributed by atoms with Gasteiger partial charge in [0.1, 0.15) is 0 Å². The van der Waals surface area contributed by atoms with Crippen molar-refractivity contribution < 1.29 is 0 Å². The van der Waals surface area contributed by atoms with Gasteiger partial charge in [0, 0.05) is 39.8 Å². The van der Waals surface area contributed by atoms with E-state index < -0.39 is 5.41 Å². The van der Waals surface area contributed by atoms with Gasteiger partial charge in [0.2, 0.25) is 0 Å². The summed E-state index contributed by atoms with van der Waals surface area (Å²) < 4.78 is 0. The van der Waals surface area contributed by atoms with Crippen molar-refractivity contribution in [3.63, 3.8) is 0 Å². The third-order valence-corrected chi connectivity index (χ3v) is 15.3. The van der Waals surface area contributed by atoms with Crippen molar-refractivity contribution >= 4 is 51.2 Å². The number of nitrogens with zero attached hydrogens (tertiary/aromatic N) is 3. The predicted octanol–water partition coefficient (Wildman–Crippen LogP) is 18.5. The van der Waals surface area contributed by atoms with Crippen LogP contribution in [-0.2, 0) is 5.41 Å². The van der Waals surface area contributed by atoms with E-state index in [9.17, 15) is 0 Å². The Kier molecular flexibility index (Phi) is 11.9. The topological polar surface area (TPSA) is 9.72 Å². The van der Waals surface area contributed by atoms with Crippen LogP contribution in [0.5, 0.6) is 0 Å². The monoisotopic (exact) mass is 912 g/mol. The zero-order chi connectivity index (χ0) is 49.2. The second-order valence-electron chi connectivity index (χ2n) is 20.1. The summed E-state index contributed by atoms with van der Waals surface area (Å²) in [5.74, 6) is 0. The smallest absolute Gasteiger partial charge is 0.0742 e. The molecule has 9 aromatic carbocycles. The molecule has 0 amide bonds. The highest BCUT2D eigenvalue weighted by molar-refractivity contribution is 5.91. The first-order chi connectivity index (χ1) is 33.7. The Balaban J connectivity index is 1.24. The van der Waals surface area contributed by atoms with Gasteiger partial charge >= 0.3 is 0 Å². The van der Waals surface area contributed by atoms with E-state index >= 15 is 0 Å². The zero-order valence-corrected chi connectivity index (χ0v) is 43.1. The van der Waals surface area contributed by atoms with Crippen LogP contribution >= 0.6 is 0 Å². The molecule has 348 valence electrons. The zero-order valence-electron chi connectivity index (χ0n) is 43.1. The van der Waals surface area contributed by atoms with Gasteiger partial charge in [-0.3, -0.25) is 0 Å². The molecule has 0 saturated heterocycles. The molecule has 0 radical (unpaired) electrons. The molecule has 1 aliphatic heterocycles. The van der Waals surface area contributed by atoms with Gasteiger partial charge in [-0.05, 0) is 245 Å². The number of benzene rings is 9. The van der Waals surface area contributed by atoms with Gasteiger partial charge in [0.05, 0.1) is 16.8 Å². The molecule has 3 heteroatoms. The van der Waals surface area contributed by atoms with E-state index in [0.717, 1.165) is 28.4 Å². The first-order valence-corrected chi connectivity index (χ1v) is 24.8. The molecule has 0 spiro atoms. The highest BCUT2D eigenvalue weighted by atomic mass is 15.2. The highest BCUT2D eigenvalue weighted by Gasteiger charge is 2.46. The lowest BCUT2D eigenvalue weighted by molar-refractivity contribution is 0.731. The van der Waals surface area contributed by atoms with Crippen LogP contribution in [0.4, 0.5) is 51.2 Å². The summed E-state index contributed by atoms with van der Waals surface area (Å²) in [6.07, 6.45) is 0. The van der Waals surface area contributed by atoms with Crippen LogP contribution in [0.1, 0.15) is 89.0 Å². The number of fused-ring (bicyclic) bond motifs is 2. The molecular formula is C67H65N3. The largest absolute Gasteiger partial charge is 0.310 e. The summed E-state index contributed by atoms with van der Waals surface area (Å²) in [6.45, 7) is 26.8. The Morgan fingerprint density at radius 3 is 0.943 bits per heavy atom. The maximum atomic E-state index is 2.49. The van der Waals surface area contributed by atoms with Gasteiger partial charge in [-0.1, -0.05) is 103 Å².